The summed E-state index contributed by atoms with van der Waals surface area (Å²) in [5.74, 6) is 0.407. The summed E-state index contributed by atoms with van der Waals surface area (Å²) in [5, 5.41) is 7.13. The quantitative estimate of drug-likeness (QED) is 0.723. The van der Waals surface area contributed by atoms with Crippen molar-refractivity contribution in [3.63, 3.8) is 0 Å². The summed E-state index contributed by atoms with van der Waals surface area (Å²) in [6, 6.07) is 13.2. The number of rotatable bonds is 5. The molecule has 1 N–H and O–H groups in total. The van der Waals surface area contributed by atoms with Crippen LogP contribution in [0, 0.1) is 0 Å². The van der Waals surface area contributed by atoms with Crippen molar-refractivity contribution in [2.45, 2.75) is 32.6 Å². The van der Waals surface area contributed by atoms with E-state index in [0.29, 0.717) is 17.1 Å². The maximum absolute atomic E-state index is 12.7. The van der Waals surface area contributed by atoms with Crippen LogP contribution in [0.5, 0.6) is 0 Å². The van der Waals surface area contributed by atoms with Gasteiger partial charge in [-0.25, -0.2) is 9.67 Å². The third kappa shape index (κ3) is 4.70. The number of aromatic nitrogens is 3. The number of benzene rings is 1. The zero-order valence-electron chi connectivity index (χ0n) is 16.7. The van der Waals surface area contributed by atoms with Gasteiger partial charge in [0.25, 0.3) is 5.91 Å². The number of nitrogens with one attached hydrogen (secondary N) is 1. The number of carbonyl (C=O) groups excluding carboxylic acids is 1. The molecular formula is C22H25N5O2. The van der Waals surface area contributed by atoms with Crippen LogP contribution in [0.2, 0.25) is 0 Å². The van der Waals surface area contributed by atoms with Crippen LogP contribution >= 0.6 is 0 Å². The summed E-state index contributed by atoms with van der Waals surface area (Å²) in [6.07, 6.45) is 5.63. The molecule has 1 amide bonds. The predicted molar refractivity (Wildman–Crippen MR) is 111 cm³/mol. The summed E-state index contributed by atoms with van der Waals surface area (Å²) in [7, 11) is 0. The van der Waals surface area contributed by atoms with Crippen molar-refractivity contribution in [3.05, 3.63) is 72.2 Å². The number of amides is 1. The van der Waals surface area contributed by atoms with Crippen molar-refractivity contribution in [3.8, 4) is 5.82 Å². The van der Waals surface area contributed by atoms with Crippen LogP contribution in [0.1, 0.15) is 29.8 Å². The summed E-state index contributed by atoms with van der Waals surface area (Å²) < 4.78 is 7.42. The van der Waals surface area contributed by atoms with Gasteiger partial charge in [0.05, 0.1) is 17.9 Å². The molecule has 0 spiro atoms. The third-order valence-corrected chi connectivity index (χ3v) is 4.87. The fraction of sp³-hybridized carbons (Fsp3) is 0.318. The predicted octanol–water partition coefficient (Wildman–Crippen LogP) is 3.13. The molecule has 1 fully saturated rings. The second-order valence-corrected chi connectivity index (χ2v) is 7.43. The van der Waals surface area contributed by atoms with E-state index in [1.165, 1.54) is 5.56 Å². The molecule has 29 heavy (non-hydrogen) atoms. The maximum atomic E-state index is 12.7. The lowest BCUT2D eigenvalue weighted by Gasteiger charge is -2.35. The fourth-order valence-electron chi connectivity index (χ4n) is 3.70. The van der Waals surface area contributed by atoms with Gasteiger partial charge in [-0.1, -0.05) is 12.1 Å². The summed E-state index contributed by atoms with van der Waals surface area (Å²) in [6.45, 7) is 6.90. The molecule has 150 valence electrons. The van der Waals surface area contributed by atoms with Gasteiger partial charge in [0.2, 0.25) is 0 Å². The highest BCUT2D eigenvalue weighted by molar-refractivity contribution is 6.05. The average Bonchev–Trinajstić information content (AvgIpc) is 3.23. The molecule has 7 nitrogen and oxygen atoms in total. The Morgan fingerprint density at radius 1 is 1.10 bits per heavy atom. The molecule has 0 bridgehead atoms. The number of hydrogen-bond donors (Lipinski definition) is 1. The second kappa shape index (κ2) is 8.55. The van der Waals surface area contributed by atoms with E-state index in [2.05, 4.69) is 34.1 Å². The molecule has 4 rings (SSSR count). The molecule has 3 aromatic rings. The minimum Gasteiger partial charge on any atom is -0.373 e. The van der Waals surface area contributed by atoms with Crippen molar-refractivity contribution in [1.29, 1.82) is 0 Å². The Balaban J connectivity index is 1.43. The van der Waals surface area contributed by atoms with E-state index in [1.807, 2.05) is 36.4 Å². The summed E-state index contributed by atoms with van der Waals surface area (Å²) in [5.41, 5.74) is 2.40. The van der Waals surface area contributed by atoms with Gasteiger partial charge < -0.3 is 10.1 Å². The van der Waals surface area contributed by atoms with E-state index in [1.54, 1.807) is 29.3 Å². The zero-order valence-corrected chi connectivity index (χ0v) is 16.7. The van der Waals surface area contributed by atoms with Crippen LogP contribution < -0.4 is 5.32 Å². The molecule has 1 saturated heterocycles. The van der Waals surface area contributed by atoms with Crippen LogP contribution in [0.3, 0.4) is 0 Å². The van der Waals surface area contributed by atoms with Crippen LogP contribution in [0.25, 0.3) is 5.82 Å². The standard InChI is InChI=1S/C22H25N5O2/c1-16-13-26(14-17(2)29-16)15-18-6-8-19(9-7-18)22(28)25-20-5-3-10-23-21(20)27-12-4-11-24-27/h3-12,16-17H,13-15H2,1-2H3,(H,25,28)/t16-,17+. The lowest BCUT2D eigenvalue weighted by atomic mass is 10.1. The Labute approximate surface area is 170 Å². The monoisotopic (exact) mass is 391 g/mol. The van der Waals surface area contributed by atoms with Crippen LogP contribution in [0.4, 0.5) is 5.69 Å². The Hall–Kier alpha value is -3.03. The molecule has 1 aliphatic rings. The van der Waals surface area contributed by atoms with Gasteiger partial charge in [0, 0.05) is 43.8 Å². The molecule has 3 heterocycles. The number of hydrogen-bond acceptors (Lipinski definition) is 5. The highest BCUT2D eigenvalue weighted by Gasteiger charge is 2.22. The Bertz CT molecular complexity index is 946. The molecule has 1 aliphatic heterocycles. The van der Waals surface area contributed by atoms with Gasteiger partial charge in [0.15, 0.2) is 5.82 Å². The van der Waals surface area contributed by atoms with Crippen molar-refractivity contribution in [1.82, 2.24) is 19.7 Å². The van der Waals surface area contributed by atoms with E-state index in [9.17, 15) is 4.79 Å². The van der Waals surface area contributed by atoms with Crippen molar-refractivity contribution in [2.24, 2.45) is 0 Å². The molecule has 2 atom stereocenters. The first-order valence-corrected chi connectivity index (χ1v) is 9.81. The summed E-state index contributed by atoms with van der Waals surface area (Å²) >= 11 is 0. The Kier molecular flexibility index (Phi) is 5.69. The fourth-order valence-corrected chi connectivity index (χ4v) is 3.70. The van der Waals surface area contributed by atoms with Gasteiger partial charge >= 0.3 is 0 Å². The first-order valence-electron chi connectivity index (χ1n) is 9.81. The highest BCUT2D eigenvalue weighted by Crippen LogP contribution is 2.18. The summed E-state index contributed by atoms with van der Waals surface area (Å²) in [4.78, 5) is 19.4. The van der Waals surface area contributed by atoms with E-state index in [4.69, 9.17) is 4.74 Å². The van der Waals surface area contributed by atoms with Crippen molar-refractivity contribution in [2.75, 3.05) is 18.4 Å². The number of pyridine rings is 1. The van der Waals surface area contributed by atoms with Crippen LogP contribution in [0.15, 0.2) is 61.1 Å². The maximum Gasteiger partial charge on any atom is 0.255 e. The second-order valence-electron chi connectivity index (χ2n) is 7.43. The minimum absolute atomic E-state index is 0.174. The van der Waals surface area contributed by atoms with E-state index in [0.717, 1.165) is 19.6 Å². The molecule has 1 aromatic carbocycles. The molecule has 0 unspecified atom stereocenters. The number of carbonyl (C=O) groups is 1. The highest BCUT2D eigenvalue weighted by atomic mass is 16.5. The molecular weight excluding hydrogens is 366 g/mol. The van der Waals surface area contributed by atoms with Crippen LogP contribution in [-0.4, -0.2) is 50.9 Å². The first-order chi connectivity index (χ1) is 14.1. The minimum atomic E-state index is -0.174. The largest absolute Gasteiger partial charge is 0.373 e. The SMILES string of the molecule is C[C@@H]1CN(Cc2ccc(C(=O)Nc3cccnc3-n3cccn3)cc2)C[C@H](C)O1. The lowest BCUT2D eigenvalue weighted by molar-refractivity contribution is -0.0704. The average molecular weight is 391 g/mol. The smallest absolute Gasteiger partial charge is 0.255 e. The van der Waals surface area contributed by atoms with E-state index >= 15 is 0 Å². The van der Waals surface area contributed by atoms with Gasteiger partial charge in [0.1, 0.15) is 0 Å². The normalized spacial score (nSPS) is 19.8. The molecule has 2 aromatic heterocycles. The lowest BCUT2D eigenvalue weighted by Crippen LogP contribution is -2.44. The number of morpholine rings is 1. The molecule has 7 heteroatoms. The Morgan fingerprint density at radius 2 is 1.86 bits per heavy atom. The number of nitrogens with zero attached hydrogens (tertiary/aromatic N) is 4. The molecule has 0 saturated carbocycles. The zero-order chi connectivity index (χ0) is 20.2. The van der Waals surface area contributed by atoms with Crippen molar-refractivity contribution >= 4 is 11.6 Å². The van der Waals surface area contributed by atoms with Gasteiger partial charge in [-0.05, 0) is 49.7 Å². The molecule has 0 radical (unpaired) electrons. The third-order valence-electron chi connectivity index (χ3n) is 4.87. The topological polar surface area (TPSA) is 72.3 Å². The first kappa shape index (κ1) is 19.3. The Morgan fingerprint density at radius 3 is 2.55 bits per heavy atom. The van der Waals surface area contributed by atoms with Gasteiger partial charge in [-0.3, -0.25) is 9.69 Å². The number of anilines is 1. The van der Waals surface area contributed by atoms with Gasteiger partial charge in [-0.15, -0.1) is 0 Å². The molecule has 0 aliphatic carbocycles. The van der Waals surface area contributed by atoms with Crippen LogP contribution in [-0.2, 0) is 11.3 Å². The number of ether oxygens (including phenoxy) is 1. The van der Waals surface area contributed by atoms with Gasteiger partial charge in [-0.2, -0.15) is 5.10 Å². The van der Waals surface area contributed by atoms with E-state index in [-0.39, 0.29) is 18.1 Å². The van der Waals surface area contributed by atoms with E-state index < -0.39 is 0 Å². The van der Waals surface area contributed by atoms with Crippen molar-refractivity contribution < 1.29 is 9.53 Å².